The van der Waals surface area contributed by atoms with Gasteiger partial charge in [0.1, 0.15) is 0 Å². The van der Waals surface area contributed by atoms with Gasteiger partial charge in [-0.05, 0) is 38.0 Å². The average molecular weight is 296 g/mol. The zero-order valence-corrected chi connectivity index (χ0v) is 12.6. The van der Waals surface area contributed by atoms with Crippen LogP contribution in [-0.4, -0.2) is 38.4 Å². The molecule has 1 amide bonds. The third-order valence-corrected chi connectivity index (χ3v) is 5.20. The number of carbonyl (C=O) groups is 1. The smallest absolute Gasteiger partial charge is 0.251 e. The van der Waals surface area contributed by atoms with Crippen molar-refractivity contribution < 1.29 is 13.2 Å². The Bertz CT molecular complexity index is 611. The fourth-order valence-corrected chi connectivity index (χ4v) is 3.98. The molecule has 1 aliphatic heterocycles. The highest BCUT2D eigenvalue weighted by atomic mass is 32.2. The molecular formula is C14H20N2O3S. The van der Waals surface area contributed by atoms with Crippen LogP contribution >= 0.6 is 0 Å². The fraction of sp³-hybridized carbons (Fsp3) is 0.500. The Kier molecular flexibility index (Phi) is 4.32. The van der Waals surface area contributed by atoms with Gasteiger partial charge in [-0.2, -0.15) is 0 Å². The van der Waals surface area contributed by atoms with E-state index in [1.54, 1.807) is 12.1 Å². The minimum absolute atomic E-state index is 0.0665. The van der Waals surface area contributed by atoms with E-state index in [-0.39, 0.29) is 23.5 Å². The number of rotatable bonds is 4. The summed E-state index contributed by atoms with van der Waals surface area (Å²) >= 11 is 0. The van der Waals surface area contributed by atoms with E-state index >= 15 is 0 Å². The minimum atomic E-state index is -2.91. The van der Waals surface area contributed by atoms with Crippen LogP contribution in [0.3, 0.4) is 0 Å². The lowest BCUT2D eigenvalue weighted by atomic mass is 10.1. The van der Waals surface area contributed by atoms with Crippen LogP contribution in [0.5, 0.6) is 0 Å². The highest BCUT2D eigenvalue weighted by Crippen LogP contribution is 2.22. The van der Waals surface area contributed by atoms with E-state index < -0.39 is 9.84 Å². The molecule has 2 rings (SSSR count). The molecule has 1 aliphatic rings. The quantitative estimate of drug-likeness (QED) is 0.879. The molecule has 1 heterocycles. The third-order valence-electron chi connectivity index (χ3n) is 3.43. The summed E-state index contributed by atoms with van der Waals surface area (Å²) in [5.41, 5.74) is 2.42. The van der Waals surface area contributed by atoms with Crippen LogP contribution in [-0.2, 0) is 9.84 Å². The maximum Gasteiger partial charge on any atom is 0.251 e. The third kappa shape index (κ3) is 3.50. The van der Waals surface area contributed by atoms with E-state index in [9.17, 15) is 13.2 Å². The van der Waals surface area contributed by atoms with Gasteiger partial charge in [-0.15, -0.1) is 0 Å². The van der Waals surface area contributed by atoms with Crippen molar-refractivity contribution in [2.45, 2.75) is 26.3 Å². The summed E-state index contributed by atoms with van der Waals surface area (Å²) < 4.78 is 22.9. The second kappa shape index (κ2) is 5.83. The largest absolute Gasteiger partial charge is 0.381 e. The van der Waals surface area contributed by atoms with Crippen LogP contribution in [0.15, 0.2) is 18.2 Å². The van der Waals surface area contributed by atoms with Crippen LogP contribution in [0.25, 0.3) is 0 Å². The molecule has 1 unspecified atom stereocenters. The molecule has 1 atom stereocenters. The number of aryl methyl sites for hydroxylation is 1. The summed E-state index contributed by atoms with van der Waals surface area (Å²) in [5.74, 6) is 0.284. The average Bonchev–Trinajstić information content (AvgIpc) is 2.72. The summed E-state index contributed by atoms with van der Waals surface area (Å²) in [7, 11) is -2.91. The molecule has 0 bridgehead atoms. The SMILES string of the molecule is CCNC(=O)c1ccc(C)c(NC2CCS(=O)(=O)C2)c1. The van der Waals surface area contributed by atoms with Crippen molar-refractivity contribution >= 4 is 21.4 Å². The molecule has 20 heavy (non-hydrogen) atoms. The predicted octanol–water partition coefficient (Wildman–Crippen LogP) is 1.34. The van der Waals surface area contributed by atoms with Crippen molar-refractivity contribution in [2.75, 3.05) is 23.4 Å². The van der Waals surface area contributed by atoms with Gasteiger partial charge in [0.05, 0.1) is 11.5 Å². The number of anilines is 1. The van der Waals surface area contributed by atoms with Crippen LogP contribution in [0.4, 0.5) is 5.69 Å². The lowest BCUT2D eigenvalue weighted by molar-refractivity contribution is 0.0956. The number of amides is 1. The molecule has 6 heteroatoms. The van der Waals surface area contributed by atoms with Gasteiger partial charge < -0.3 is 10.6 Å². The molecule has 0 spiro atoms. The molecule has 0 aliphatic carbocycles. The van der Waals surface area contributed by atoms with Crippen molar-refractivity contribution in [3.8, 4) is 0 Å². The van der Waals surface area contributed by atoms with Gasteiger partial charge in [0.15, 0.2) is 9.84 Å². The second-order valence-corrected chi connectivity index (χ2v) is 7.36. The first-order valence-electron chi connectivity index (χ1n) is 6.77. The number of sulfone groups is 1. The Morgan fingerprint density at radius 2 is 2.15 bits per heavy atom. The summed E-state index contributed by atoms with van der Waals surface area (Å²) in [4.78, 5) is 11.8. The van der Waals surface area contributed by atoms with E-state index in [2.05, 4.69) is 10.6 Å². The van der Waals surface area contributed by atoms with Crippen molar-refractivity contribution in [3.05, 3.63) is 29.3 Å². The van der Waals surface area contributed by atoms with E-state index in [1.807, 2.05) is 19.9 Å². The Labute approximate surface area is 119 Å². The maximum absolute atomic E-state index is 11.8. The second-order valence-electron chi connectivity index (χ2n) is 5.13. The van der Waals surface area contributed by atoms with Crippen molar-refractivity contribution in [1.82, 2.24) is 5.32 Å². The predicted molar refractivity (Wildman–Crippen MR) is 79.9 cm³/mol. The number of benzene rings is 1. The molecule has 1 fully saturated rings. The van der Waals surface area contributed by atoms with Gasteiger partial charge in [-0.3, -0.25) is 4.79 Å². The van der Waals surface area contributed by atoms with Crippen molar-refractivity contribution in [2.24, 2.45) is 0 Å². The lowest BCUT2D eigenvalue weighted by Gasteiger charge is -2.16. The Morgan fingerprint density at radius 3 is 2.75 bits per heavy atom. The van der Waals surface area contributed by atoms with Crippen LogP contribution in [0.2, 0.25) is 0 Å². The highest BCUT2D eigenvalue weighted by Gasteiger charge is 2.28. The van der Waals surface area contributed by atoms with Crippen LogP contribution in [0.1, 0.15) is 29.3 Å². The summed E-state index contributed by atoms with van der Waals surface area (Å²) in [5, 5.41) is 6.00. The monoisotopic (exact) mass is 296 g/mol. The molecule has 1 aromatic carbocycles. The zero-order chi connectivity index (χ0) is 14.8. The van der Waals surface area contributed by atoms with E-state index in [4.69, 9.17) is 0 Å². The molecule has 0 saturated carbocycles. The molecule has 110 valence electrons. The van der Waals surface area contributed by atoms with Gasteiger partial charge in [-0.25, -0.2) is 8.42 Å². The van der Waals surface area contributed by atoms with Gasteiger partial charge >= 0.3 is 0 Å². The fourth-order valence-electron chi connectivity index (χ4n) is 2.31. The Hall–Kier alpha value is -1.56. The topological polar surface area (TPSA) is 75.3 Å². The molecule has 1 aromatic rings. The van der Waals surface area contributed by atoms with Gasteiger partial charge in [-0.1, -0.05) is 6.07 Å². The normalized spacial score (nSPS) is 20.6. The van der Waals surface area contributed by atoms with Crippen molar-refractivity contribution in [1.29, 1.82) is 0 Å². The van der Waals surface area contributed by atoms with Crippen LogP contribution in [0, 0.1) is 6.92 Å². The highest BCUT2D eigenvalue weighted by molar-refractivity contribution is 7.91. The number of nitrogens with one attached hydrogen (secondary N) is 2. The number of carbonyl (C=O) groups excluding carboxylic acids is 1. The zero-order valence-electron chi connectivity index (χ0n) is 11.8. The van der Waals surface area contributed by atoms with Gasteiger partial charge in [0.2, 0.25) is 0 Å². The molecule has 2 N–H and O–H groups in total. The molecular weight excluding hydrogens is 276 g/mol. The molecule has 0 radical (unpaired) electrons. The first kappa shape index (κ1) is 14.8. The van der Waals surface area contributed by atoms with Crippen LogP contribution < -0.4 is 10.6 Å². The Balaban J connectivity index is 2.15. The first-order valence-corrected chi connectivity index (χ1v) is 8.59. The number of hydrogen-bond acceptors (Lipinski definition) is 4. The van der Waals surface area contributed by atoms with E-state index in [0.29, 0.717) is 18.5 Å². The number of hydrogen-bond donors (Lipinski definition) is 2. The summed E-state index contributed by atoms with van der Waals surface area (Å²) in [6, 6.07) is 5.36. The molecule has 5 nitrogen and oxygen atoms in total. The summed E-state index contributed by atoms with van der Waals surface area (Å²) in [6.45, 7) is 4.39. The van der Waals surface area contributed by atoms with Gasteiger partial charge in [0.25, 0.3) is 5.91 Å². The minimum Gasteiger partial charge on any atom is -0.381 e. The molecule has 1 saturated heterocycles. The molecule has 0 aromatic heterocycles. The lowest BCUT2D eigenvalue weighted by Crippen LogP contribution is -2.24. The van der Waals surface area contributed by atoms with E-state index in [0.717, 1.165) is 11.3 Å². The van der Waals surface area contributed by atoms with E-state index in [1.165, 1.54) is 0 Å². The standard InChI is InChI=1S/C14H20N2O3S/c1-3-15-14(17)11-5-4-10(2)13(8-11)16-12-6-7-20(18,19)9-12/h4-5,8,12,16H,3,6-7,9H2,1-2H3,(H,15,17). The first-order chi connectivity index (χ1) is 9.41. The maximum atomic E-state index is 11.8. The van der Waals surface area contributed by atoms with Gasteiger partial charge in [0, 0.05) is 23.8 Å². The summed E-state index contributed by atoms with van der Waals surface area (Å²) in [6.07, 6.45) is 0.618. The van der Waals surface area contributed by atoms with Crippen molar-refractivity contribution in [3.63, 3.8) is 0 Å². The Morgan fingerprint density at radius 1 is 1.40 bits per heavy atom.